The van der Waals surface area contributed by atoms with Gasteiger partial charge in [-0.3, -0.25) is 0 Å². The summed E-state index contributed by atoms with van der Waals surface area (Å²) in [7, 11) is -1.15. The van der Waals surface area contributed by atoms with Gasteiger partial charge < -0.3 is 4.18 Å². The lowest BCUT2D eigenvalue weighted by Crippen LogP contribution is -1.87. The van der Waals surface area contributed by atoms with Crippen LogP contribution in [0.15, 0.2) is 63.2 Å². The Morgan fingerprint density at radius 2 is 1.53 bits per heavy atom. The van der Waals surface area contributed by atoms with Gasteiger partial charge in [0.05, 0.1) is 0 Å². The topological polar surface area (TPSA) is 12.5 Å². The van der Waals surface area contributed by atoms with E-state index in [9.17, 15) is 0 Å². The third kappa shape index (κ3) is 2.55. The molecule has 100 valence electrons. The second-order valence-corrected chi connectivity index (χ2v) is 8.73. The highest BCUT2D eigenvalue weighted by molar-refractivity contribution is 8.34. The van der Waals surface area contributed by atoms with E-state index in [4.69, 9.17) is 4.18 Å². The smallest absolute Gasteiger partial charge is 0.119 e. The molecule has 1 aliphatic heterocycles. The Labute approximate surface area is 120 Å². The number of hydrogen-bond acceptors (Lipinski definition) is 2. The lowest BCUT2D eigenvalue weighted by molar-refractivity contribution is 0.571. The molecule has 0 N–H and O–H groups in total. The molecule has 0 bridgehead atoms. The highest BCUT2D eigenvalue weighted by atomic mass is 32.3. The van der Waals surface area contributed by atoms with Crippen LogP contribution in [0.1, 0.15) is 12.5 Å². The first-order valence-electron chi connectivity index (χ1n) is 6.49. The fourth-order valence-electron chi connectivity index (χ4n) is 2.14. The van der Waals surface area contributed by atoms with Gasteiger partial charge in [0.25, 0.3) is 0 Å². The molecule has 0 aromatic heterocycles. The van der Waals surface area contributed by atoms with Gasteiger partial charge in [0.1, 0.15) is 5.94 Å². The van der Waals surface area contributed by atoms with Crippen LogP contribution in [0.5, 0.6) is 0 Å². The Balaban J connectivity index is 1.90. The van der Waals surface area contributed by atoms with E-state index in [1.54, 1.807) is 0 Å². The van der Waals surface area contributed by atoms with E-state index in [-0.39, 0.29) is 0 Å². The molecular formula is C16H18OS2. The molecule has 0 radical (unpaired) electrons. The quantitative estimate of drug-likeness (QED) is 0.564. The summed E-state index contributed by atoms with van der Waals surface area (Å²) in [5, 5.41) is 0. The third-order valence-electron chi connectivity index (χ3n) is 3.27. The number of rotatable bonds is 4. The molecule has 1 saturated heterocycles. The average Bonchev–Trinajstić information content (AvgIpc) is 3.22. The second-order valence-electron chi connectivity index (χ2n) is 4.63. The summed E-state index contributed by atoms with van der Waals surface area (Å²) in [6.07, 6.45) is 0. The molecule has 1 heterocycles. The fourth-order valence-corrected chi connectivity index (χ4v) is 5.15. The number of aryl methyl sites for hydroxylation is 1. The first-order valence-corrected chi connectivity index (χ1v) is 9.21. The molecular weight excluding hydrogens is 272 g/mol. The van der Waals surface area contributed by atoms with Gasteiger partial charge in [0.15, 0.2) is 0 Å². The molecule has 2 aromatic carbocycles. The predicted octanol–water partition coefficient (Wildman–Crippen LogP) is 5.23. The molecule has 0 spiro atoms. The van der Waals surface area contributed by atoms with Crippen molar-refractivity contribution in [3.63, 3.8) is 0 Å². The predicted molar refractivity (Wildman–Crippen MR) is 84.1 cm³/mol. The van der Waals surface area contributed by atoms with Crippen LogP contribution in [0.3, 0.4) is 0 Å². The maximum atomic E-state index is 5.88. The Morgan fingerprint density at radius 3 is 2.00 bits per heavy atom. The molecule has 0 amide bonds. The van der Waals surface area contributed by atoms with E-state index in [1.165, 1.54) is 20.2 Å². The van der Waals surface area contributed by atoms with Crippen molar-refractivity contribution in [2.75, 3.05) is 11.7 Å². The molecule has 1 unspecified atom stereocenters. The molecule has 2 aromatic rings. The maximum Gasteiger partial charge on any atom is 0.119 e. The summed E-state index contributed by atoms with van der Waals surface area (Å²) in [5.41, 5.74) is 1.30. The molecule has 1 fully saturated rings. The maximum absolute atomic E-state index is 5.88. The molecule has 3 heteroatoms. The Bertz CT molecular complexity index is 556. The SMILES string of the molecule is CCSc1ccc(S2(c3ccc(C)cc3)CO2)cc1. The van der Waals surface area contributed by atoms with Crippen molar-refractivity contribution in [1.82, 2.24) is 0 Å². The molecule has 0 saturated carbocycles. The average molecular weight is 290 g/mol. The molecule has 3 rings (SSSR count). The van der Waals surface area contributed by atoms with Crippen LogP contribution in [-0.2, 0) is 4.18 Å². The van der Waals surface area contributed by atoms with Gasteiger partial charge >= 0.3 is 0 Å². The summed E-state index contributed by atoms with van der Waals surface area (Å²) < 4.78 is 5.88. The van der Waals surface area contributed by atoms with Crippen LogP contribution in [0, 0.1) is 6.92 Å². The largest absolute Gasteiger partial charge is 0.314 e. The Kier molecular flexibility index (Phi) is 3.61. The first kappa shape index (κ1) is 13.1. The molecule has 1 aliphatic rings. The third-order valence-corrected chi connectivity index (χ3v) is 6.94. The van der Waals surface area contributed by atoms with E-state index in [2.05, 4.69) is 62.4 Å². The van der Waals surface area contributed by atoms with Crippen molar-refractivity contribution >= 4 is 22.1 Å². The number of hydrogen-bond donors (Lipinski definition) is 0. The summed E-state index contributed by atoms with van der Waals surface area (Å²) in [5.74, 6) is 1.99. The van der Waals surface area contributed by atoms with Crippen LogP contribution in [-0.4, -0.2) is 11.7 Å². The number of benzene rings is 2. The lowest BCUT2D eigenvalue weighted by Gasteiger charge is -2.18. The van der Waals surface area contributed by atoms with E-state index >= 15 is 0 Å². The van der Waals surface area contributed by atoms with Crippen molar-refractivity contribution in [3.8, 4) is 0 Å². The van der Waals surface area contributed by atoms with Gasteiger partial charge in [-0.2, -0.15) is 0 Å². The van der Waals surface area contributed by atoms with E-state index in [0.717, 1.165) is 11.7 Å². The van der Waals surface area contributed by atoms with Crippen LogP contribution in [0.25, 0.3) is 0 Å². The zero-order chi connectivity index (χ0) is 13.3. The highest BCUT2D eigenvalue weighted by Gasteiger charge is 2.42. The Morgan fingerprint density at radius 1 is 1.00 bits per heavy atom. The lowest BCUT2D eigenvalue weighted by atomic mass is 10.2. The molecule has 1 atom stereocenters. The van der Waals surface area contributed by atoms with Crippen molar-refractivity contribution < 1.29 is 4.18 Å². The minimum absolute atomic E-state index is 0.871. The van der Waals surface area contributed by atoms with Crippen molar-refractivity contribution in [3.05, 3.63) is 54.1 Å². The van der Waals surface area contributed by atoms with E-state index in [0.29, 0.717) is 0 Å². The van der Waals surface area contributed by atoms with Gasteiger partial charge in [-0.15, -0.1) is 11.8 Å². The van der Waals surface area contributed by atoms with Crippen LogP contribution < -0.4 is 0 Å². The van der Waals surface area contributed by atoms with Crippen molar-refractivity contribution in [2.24, 2.45) is 0 Å². The van der Waals surface area contributed by atoms with E-state index < -0.39 is 10.3 Å². The van der Waals surface area contributed by atoms with Gasteiger partial charge in [-0.25, -0.2) is 0 Å². The van der Waals surface area contributed by atoms with Crippen LogP contribution in [0.4, 0.5) is 0 Å². The van der Waals surface area contributed by atoms with Crippen LogP contribution in [0.2, 0.25) is 0 Å². The van der Waals surface area contributed by atoms with Crippen molar-refractivity contribution in [1.29, 1.82) is 0 Å². The van der Waals surface area contributed by atoms with Gasteiger partial charge in [-0.05, 0) is 49.1 Å². The second kappa shape index (κ2) is 5.23. The zero-order valence-electron chi connectivity index (χ0n) is 11.3. The summed E-state index contributed by atoms with van der Waals surface area (Å²) in [6, 6.07) is 17.7. The van der Waals surface area contributed by atoms with Gasteiger partial charge in [0, 0.05) is 14.7 Å². The van der Waals surface area contributed by atoms with Gasteiger partial charge in [-0.1, -0.05) is 34.9 Å². The van der Waals surface area contributed by atoms with E-state index in [1.807, 2.05) is 11.8 Å². The fraction of sp³-hybridized carbons (Fsp3) is 0.250. The minimum atomic E-state index is -1.15. The van der Waals surface area contributed by atoms with Gasteiger partial charge in [0.2, 0.25) is 0 Å². The summed E-state index contributed by atoms with van der Waals surface area (Å²) in [4.78, 5) is 4.02. The normalized spacial score (nSPS) is 24.7. The zero-order valence-corrected chi connectivity index (χ0v) is 12.9. The number of thioether (sulfide) groups is 1. The highest BCUT2D eigenvalue weighted by Crippen LogP contribution is 2.74. The summed E-state index contributed by atoms with van der Waals surface area (Å²) in [6.45, 7) is 4.30. The minimum Gasteiger partial charge on any atom is -0.314 e. The molecule has 0 aliphatic carbocycles. The molecule has 1 nitrogen and oxygen atoms in total. The Hall–Kier alpha value is -0.900. The monoisotopic (exact) mass is 290 g/mol. The first-order chi connectivity index (χ1) is 9.24. The standard InChI is InChI=1S/C16H18OS2/c1-3-18-14-6-10-16(11-7-14)19(12-17-19)15-8-4-13(2)5-9-15/h4-11H,3,12H2,1-2H3. The summed E-state index contributed by atoms with van der Waals surface area (Å²) >= 11 is 1.88. The van der Waals surface area contributed by atoms with Crippen LogP contribution >= 0.6 is 22.1 Å². The molecule has 19 heavy (non-hydrogen) atoms. The van der Waals surface area contributed by atoms with Crippen molar-refractivity contribution in [2.45, 2.75) is 28.5 Å².